The van der Waals surface area contributed by atoms with Gasteiger partial charge in [0.25, 0.3) is 0 Å². The van der Waals surface area contributed by atoms with E-state index < -0.39 is 22.0 Å². The second kappa shape index (κ2) is 3.42. The van der Waals surface area contributed by atoms with Crippen LogP contribution in [0.4, 0.5) is 8.78 Å². The van der Waals surface area contributed by atoms with E-state index in [-0.39, 0.29) is 0 Å². The average Bonchev–Trinajstić information content (AvgIpc) is 1.86. The first-order valence-electron chi connectivity index (χ1n) is 3.14. The van der Waals surface area contributed by atoms with Gasteiger partial charge in [0.1, 0.15) is 0 Å². The Morgan fingerprint density at radius 1 is 1.60 bits per heavy atom. The molecule has 0 aromatic rings. The van der Waals surface area contributed by atoms with Crippen molar-refractivity contribution in [3.8, 4) is 0 Å². The fourth-order valence-corrected chi connectivity index (χ4v) is 1.25. The van der Waals surface area contributed by atoms with E-state index in [1.807, 2.05) is 0 Å². The molecule has 0 saturated heterocycles. The van der Waals surface area contributed by atoms with Gasteiger partial charge in [-0.05, 0) is 6.42 Å². The number of rotatable bonds is 3. The maximum absolute atomic E-state index is 12.6. The summed E-state index contributed by atoms with van der Waals surface area (Å²) in [6, 6.07) is 0. The van der Waals surface area contributed by atoms with Crippen molar-refractivity contribution in [3.63, 3.8) is 0 Å². The summed E-state index contributed by atoms with van der Waals surface area (Å²) in [5.41, 5.74) is 0. The number of alkyl halides is 2. The predicted molar refractivity (Wildman–Crippen MR) is 38.5 cm³/mol. The van der Waals surface area contributed by atoms with Crippen molar-refractivity contribution in [1.29, 1.82) is 0 Å². The first-order valence-corrected chi connectivity index (χ1v) is 4.70. The minimum absolute atomic E-state index is 0.354. The van der Waals surface area contributed by atoms with Gasteiger partial charge in [0.15, 0.2) is 0 Å². The monoisotopic (exact) mass is 170 g/mol. The summed E-state index contributed by atoms with van der Waals surface area (Å²) in [6.07, 6.45) is 1.39. The fourth-order valence-electron chi connectivity index (χ4n) is 0.521. The molecule has 0 fully saturated rings. The molecule has 0 amide bonds. The van der Waals surface area contributed by atoms with Crippen LogP contribution in [0, 0.1) is 5.92 Å². The van der Waals surface area contributed by atoms with Crippen LogP contribution in [0.25, 0.3) is 0 Å². The summed E-state index contributed by atoms with van der Waals surface area (Å²) in [7, 11) is -2.04. The van der Waals surface area contributed by atoms with Crippen molar-refractivity contribution in [2.75, 3.05) is 6.26 Å². The van der Waals surface area contributed by atoms with Crippen LogP contribution in [0.2, 0.25) is 0 Å². The molecule has 0 aromatic carbocycles. The highest BCUT2D eigenvalue weighted by Gasteiger charge is 2.39. The highest BCUT2D eigenvalue weighted by molar-refractivity contribution is 7.85. The van der Waals surface area contributed by atoms with Gasteiger partial charge in [-0.3, -0.25) is 4.21 Å². The zero-order chi connectivity index (χ0) is 8.36. The summed E-state index contributed by atoms with van der Waals surface area (Å²) < 4.78 is 35.7. The maximum atomic E-state index is 12.6. The number of halogens is 2. The van der Waals surface area contributed by atoms with Crippen LogP contribution >= 0.6 is 0 Å². The van der Waals surface area contributed by atoms with Gasteiger partial charge >= 0.3 is 5.25 Å². The summed E-state index contributed by atoms with van der Waals surface area (Å²) in [6.45, 7) is 3.06. The van der Waals surface area contributed by atoms with Crippen LogP contribution in [0.15, 0.2) is 0 Å². The standard InChI is InChI=1S/C6H12F2OS/c1-4-5(2)6(7,8)10(3)9/h5H,4H2,1-3H3. The minimum Gasteiger partial charge on any atom is -0.254 e. The van der Waals surface area contributed by atoms with Crippen molar-refractivity contribution < 1.29 is 13.0 Å². The summed E-state index contributed by atoms with van der Waals surface area (Å²) in [4.78, 5) is 0. The Morgan fingerprint density at radius 2 is 2.00 bits per heavy atom. The molecule has 0 aliphatic carbocycles. The first-order chi connectivity index (χ1) is 4.42. The molecule has 62 valence electrons. The molecule has 0 bridgehead atoms. The van der Waals surface area contributed by atoms with Crippen LogP contribution in [0.3, 0.4) is 0 Å². The zero-order valence-corrected chi connectivity index (χ0v) is 7.17. The van der Waals surface area contributed by atoms with E-state index in [1.165, 1.54) is 6.92 Å². The Bertz CT molecular complexity index is 136. The predicted octanol–water partition coefficient (Wildman–Crippen LogP) is 2.00. The summed E-state index contributed by atoms with van der Waals surface area (Å²) in [5, 5.41) is -3.02. The molecule has 4 heteroatoms. The topological polar surface area (TPSA) is 17.1 Å². The summed E-state index contributed by atoms with van der Waals surface area (Å²) >= 11 is 0. The molecule has 0 spiro atoms. The zero-order valence-electron chi connectivity index (χ0n) is 6.36. The Hall–Kier alpha value is 0.01000. The van der Waals surface area contributed by atoms with E-state index in [0.29, 0.717) is 6.42 Å². The third kappa shape index (κ3) is 2.01. The van der Waals surface area contributed by atoms with E-state index in [4.69, 9.17) is 0 Å². The first kappa shape index (κ1) is 10.0. The lowest BCUT2D eigenvalue weighted by Crippen LogP contribution is -2.30. The Kier molecular flexibility index (Phi) is 3.42. The van der Waals surface area contributed by atoms with Gasteiger partial charge in [0, 0.05) is 12.2 Å². The maximum Gasteiger partial charge on any atom is 0.323 e. The smallest absolute Gasteiger partial charge is 0.254 e. The van der Waals surface area contributed by atoms with Crippen molar-refractivity contribution in [1.82, 2.24) is 0 Å². The molecule has 10 heavy (non-hydrogen) atoms. The van der Waals surface area contributed by atoms with Crippen molar-refractivity contribution in [3.05, 3.63) is 0 Å². The van der Waals surface area contributed by atoms with Gasteiger partial charge in [-0.2, -0.15) is 8.78 Å². The molecule has 0 heterocycles. The van der Waals surface area contributed by atoms with Crippen LogP contribution in [0.1, 0.15) is 20.3 Å². The lowest BCUT2D eigenvalue weighted by molar-refractivity contribution is 0.0390. The normalized spacial score (nSPS) is 18.5. The highest BCUT2D eigenvalue weighted by atomic mass is 32.2. The fraction of sp³-hybridized carbons (Fsp3) is 1.00. The Balaban J connectivity index is 4.23. The van der Waals surface area contributed by atoms with Crippen molar-refractivity contribution in [2.45, 2.75) is 25.5 Å². The largest absolute Gasteiger partial charge is 0.323 e. The van der Waals surface area contributed by atoms with Gasteiger partial charge in [0.05, 0.1) is 10.8 Å². The summed E-state index contributed by atoms with van der Waals surface area (Å²) in [5.74, 6) is -0.793. The van der Waals surface area contributed by atoms with Crippen molar-refractivity contribution in [2.24, 2.45) is 5.92 Å². The number of hydrogen-bond acceptors (Lipinski definition) is 1. The van der Waals surface area contributed by atoms with Crippen LogP contribution < -0.4 is 0 Å². The molecular weight excluding hydrogens is 158 g/mol. The molecule has 0 rings (SSSR count). The Labute approximate surface area is 62.3 Å². The molecule has 1 nitrogen and oxygen atoms in total. The molecule has 0 radical (unpaired) electrons. The molecule has 0 aliphatic rings. The molecule has 0 saturated carbocycles. The van der Waals surface area contributed by atoms with E-state index in [0.717, 1.165) is 6.26 Å². The van der Waals surface area contributed by atoms with E-state index in [9.17, 15) is 13.0 Å². The molecule has 0 N–H and O–H groups in total. The molecular formula is C6H12F2OS. The second-order valence-corrected chi connectivity index (χ2v) is 3.78. The quantitative estimate of drug-likeness (QED) is 0.633. The van der Waals surface area contributed by atoms with Gasteiger partial charge in [-0.15, -0.1) is 0 Å². The SMILES string of the molecule is CCC(C)C(F)(F)S(C)=O. The molecule has 0 aliphatic heterocycles. The third-order valence-electron chi connectivity index (χ3n) is 1.57. The van der Waals surface area contributed by atoms with E-state index >= 15 is 0 Å². The number of hydrogen-bond donors (Lipinski definition) is 0. The molecule has 2 atom stereocenters. The Morgan fingerprint density at radius 3 is 2.10 bits per heavy atom. The van der Waals surface area contributed by atoms with Crippen LogP contribution in [-0.4, -0.2) is 15.7 Å². The molecule has 0 aromatic heterocycles. The highest BCUT2D eigenvalue weighted by Crippen LogP contribution is 2.29. The molecule has 2 unspecified atom stereocenters. The van der Waals surface area contributed by atoms with Gasteiger partial charge in [-0.25, -0.2) is 0 Å². The second-order valence-electron chi connectivity index (χ2n) is 2.33. The lowest BCUT2D eigenvalue weighted by atomic mass is 10.1. The van der Waals surface area contributed by atoms with Gasteiger partial charge in [0.2, 0.25) is 0 Å². The minimum atomic E-state index is -3.02. The van der Waals surface area contributed by atoms with Gasteiger partial charge in [-0.1, -0.05) is 13.8 Å². The van der Waals surface area contributed by atoms with E-state index in [1.54, 1.807) is 6.92 Å². The average molecular weight is 170 g/mol. The third-order valence-corrected chi connectivity index (χ3v) is 2.74. The van der Waals surface area contributed by atoms with Gasteiger partial charge < -0.3 is 0 Å². The van der Waals surface area contributed by atoms with Crippen LogP contribution in [-0.2, 0) is 10.8 Å². The lowest BCUT2D eigenvalue weighted by Gasteiger charge is -2.19. The van der Waals surface area contributed by atoms with Crippen molar-refractivity contribution >= 4 is 10.8 Å². The van der Waals surface area contributed by atoms with E-state index in [2.05, 4.69) is 0 Å². The van der Waals surface area contributed by atoms with Crippen LogP contribution in [0.5, 0.6) is 0 Å².